The fourth-order valence-corrected chi connectivity index (χ4v) is 3.01. The molecule has 0 bridgehead atoms. The monoisotopic (exact) mass is 382 g/mol. The topological polar surface area (TPSA) is 53.5 Å². The molecule has 1 N–H and O–H groups in total. The third-order valence-corrected chi connectivity index (χ3v) is 4.61. The number of carbonyl (C=O) groups is 1. The highest BCUT2D eigenvalue weighted by molar-refractivity contribution is 7.77. The third kappa shape index (κ3) is 5.31. The molecule has 27 heavy (non-hydrogen) atoms. The molecule has 0 aliphatic heterocycles. The van der Waals surface area contributed by atoms with Gasteiger partial charge in [0.1, 0.15) is 0 Å². The van der Waals surface area contributed by atoms with Crippen LogP contribution in [0.15, 0.2) is 66.4 Å². The van der Waals surface area contributed by atoms with Gasteiger partial charge in [0.15, 0.2) is 12.4 Å². The van der Waals surface area contributed by atoms with E-state index < -0.39 is 6.04 Å². The molecule has 1 aromatic heterocycles. The van der Waals surface area contributed by atoms with E-state index in [0.717, 1.165) is 5.56 Å². The summed E-state index contributed by atoms with van der Waals surface area (Å²) in [5.74, 6) is -0.131. The summed E-state index contributed by atoms with van der Waals surface area (Å²) >= 11 is 5.45. The van der Waals surface area contributed by atoms with Crippen molar-refractivity contribution in [2.45, 2.75) is 38.8 Å². The summed E-state index contributed by atoms with van der Waals surface area (Å²) in [4.78, 5) is 17.5. The van der Waals surface area contributed by atoms with Crippen LogP contribution in [0.25, 0.3) is 0 Å². The summed E-state index contributed by atoms with van der Waals surface area (Å²) in [6, 6.07) is 10.5. The molecule has 1 heterocycles. The van der Waals surface area contributed by atoms with Crippen molar-refractivity contribution in [2.24, 2.45) is 4.99 Å². The van der Waals surface area contributed by atoms with Crippen LogP contribution in [0.2, 0.25) is 0 Å². The number of hydrogen-bond donors (Lipinski definition) is 1. The van der Waals surface area contributed by atoms with Gasteiger partial charge in [-0.25, -0.2) is 0 Å². The molecule has 2 rings (SSSR count). The van der Waals surface area contributed by atoms with E-state index in [0.29, 0.717) is 22.7 Å². The van der Waals surface area contributed by atoms with Crippen molar-refractivity contribution in [1.29, 1.82) is 0 Å². The lowest BCUT2D eigenvalue weighted by atomic mass is 9.86. The highest BCUT2D eigenvalue weighted by Crippen LogP contribution is 2.23. The van der Waals surface area contributed by atoms with Crippen LogP contribution < -0.4 is 4.57 Å². The van der Waals surface area contributed by atoms with Crippen molar-refractivity contribution in [3.63, 3.8) is 0 Å². The second kappa shape index (κ2) is 9.02. The van der Waals surface area contributed by atoms with Gasteiger partial charge in [0.05, 0.1) is 13.2 Å². The van der Waals surface area contributed by atoms with Gasteiger partial charge in [0.25, 0.3) is 0 Å². The Morgan fingerprint density at radius 1 is 1.30 bits per heavy atom. The second-order valence-electron chi connectivity index (χ2n) is 7.38. The first-order chi connectivity index (χ1) is 12.8. The number of aliphatic imine (C=N–C) groups is 1. The zero-order chi connectivity index (χ0) is 20.0. The quantitative estimate of drug-likeness (QED) is 0.200. The minimum atomic E-state index is -0.744. The van der Waals surface area contributed by atoms with Gasteiger partial charge in [-0.3, -0.25) is 4.79 Å². The average molecular weight is 383 g/mol. The predicted molar refractivity (Wildman–Crippen MR) is 111 cm³/mol. The molecule has 2 aromatic rings. The van der Waals surface area contributed by atoms with Gasteiger partial charge < -0.3 is 22.7 Å². The van der Waals surface area contributed by atoms with Crippen LogP contribution in [0.1, 0.15) is 48.3 Å². The van der Waals surface area contributed by atoms with E-state index in [1.807, 2.05) is 24.3 Å². The molecule has 0 aliphatic carbocycles. The first-order valence-electron chi connectivity index (χ1n) is 8.85. The smallest absolute Gasteiger partial charge is 0.237 e. The Morgan fingerprint density at radius 2 is 1.96 bits per heavy atom. The summed E-state index contributed by atoms with van der Waals surface area (Å²) in [6.45, 7) is 10.3. The molecular weight excluding hydrogens is 356 g/mol. The first-order valence-corrected chi connectivity index (χ1v) is 9.26. The number of benzene rings is 1. The van der Waals surface area contributed by atoms with Crippen molar-refractivity contribution in [2.75, 3.05) is 6.54 Å². The number of carbonyl (C=O) groups excluding carboxylic acids is 1. The van der Waals surface area contributed by atoms with Crippen molar-refractivity contribution in [3.05, 3.63) is 78.1 Å². The molecule has 4 nitrogen and oxygen atoms in total. The van der Waals surface area contributed by atoms with Crippen molar-refractivity contribution in [3.8, 4) is 0 Å². The lowest BCUT2D eigenvalue weighted by Gasteiger charge is -2.21. The Kier molecular flexibility index (Phi) is 6.99. The molecular formula is C22H26N2O2S. The molecule has 1 atom stereocenters. The second-order valence-corrected chi connectivity index (χ2v) is 7.80. The van der Waals surface area contributed by atoms with E-state index in [4.69, 9.17) is 12.6 Å². The number of hydrogen-bond acceptors (Lipinski definition) is 4. The average Bonchev–Trinajstić information content (AvgIpc) is 2.66. The maximum absolute atomic E-state index is 13.3. The minimum Gasteiger partial charge on any atom is -0.758 e. The predicted octanol–water partition coefficient (Wildman–Crippen LogP) is 3.32. The van der Waals surface area contributed by atoms with E-state index in [1.165, 1.54) is 0 Å². The fraction of sp³-hybridized carbons (Fsp3) is 0.318. The van der Waals surface area contributed by atoms with Crippen LogP contribution in [0, 0.1) is 0 Å². The molecule has 5 heteroatoms. The minimum absolute atomic E-state index is 0.0137. The van der Waals surface area contributed by atoms with Gasteiger partial charge in [-0.2, -0.15) is 4.57 Å². The van der Waals surface area contributed by atoms with Gasteiger partial charge >= 0.3 is 0 Å². The van der Waals surface area contributed by atoms with E-state index in [9.17, 15) is 9.90 Å². The van der Waals surface area contributed by atoms with Gasteiger partial charge in [0.2, 0.25) is 11.8 Å². The van der Waals surface area contributed by atoms with Crippen molar-refractivity contribution < 1.29 is 14.5 Å². The van der Waals surface area contributed by atoms with Crippen molar-refractivity contribution in [1.82, 2.24) is 0 Å². The van der Waals surface area contributed by atoms with Crippen molar-refractivity contribution >= 4 is 23.5 Å². The first kappa shape index (κ1) is 20.9. The van der Waals surface area contributed by atoms with Crippen LogP contribution in [-0.2, 0) is 24.7 Å². The highest BCUT2D eigenvalue weighted by Gasteiger charge is 2.28. The molecule has 0 radical (unpaired) electrons. The zero-order valence-electron chi connectivity index (χ0n) is 16.1. The molecule has 142 valence electrons. The number of aliphatic hydroxyl groups is 1. The van der Waals surface area contributed by atoms with Gasteiger partial charge in [-0.15, -0.1) is 6.58 Å². The Labute approximate surface area is 166 Å². The Hall–Kier alpha value is -2.37. The lowest BCUT2D eigenvalue weighted by Crippen LogP contribution is -2.48. The van der Waals surface area contributed by atoms with Crippen LogP contribution in [0.5, 0.6) is 0 Å². The summed E-state index contributed by atoms with van der Waals surface area (Å²) in [5.41, 5.74) is 2.44. The largest absolute Gasteiger partial charge is 0.758 e. The molecule has 1 aromatic carbocycles. The number of nitrogens with zero attached hydrogens (tertiary/aromatic N) is 2. The Balaban J connectivity index is 2.46. The molecule has 0 saturated carbocycles. The number of Topliss-reactive ketones (excluding diaryl/α,β-unsaturated/α-hetero) is 1. The maximum atomic E-state index is 13.3. The third-order valence-electron chi connectivity index (χ3n) is 4.26. The Bertz CT molecular complexity index is 836. The van der Waals surface area contributed by atoms with Gasteiger partial charge in [-0.1, -0.05) is 51.1 Å². The summed E-state index contributed by atoms with van der Waals surface area (Å²) < 4.78 is 1.71. The van der Waals surface area contributed by atoms with Crippen LogP contribution in [0.4, 0.5) is 0 Å². The molecule has 0 fully saturated rings. The van der Waals surface area contributed by atoms with E-state index >= 15 is 0 Å². The number of pyridine rings is 1. The lowest BCUT2D eigenvalue weighted by molar-refractivity contribution is -0.692. The molecule has 0 aliphatic rings. The molecule has 0 spiro atoms. The van der Waals surface area contributed by atoms with E-state index in [2.05, 4.69) is 32.3 Å². The van der Waals surface area contributed by atoms with E-state index in [1.54, 1.807) is 35.2 Å². The van der Waals surface area contributed by atoms with Crippen LogP contribution in [0.3, 0.4) is 0 Å². The summed E-state index contributed by atoms with van der Waals surface area (Å²) in [5, 5.41) is 9.71. The highest BCUT2D eigenvalue weighted by atomic mass is 32.1. The van der Waals surface area contributed by atoms with E-state index in [-0.39, 0.29) is 17.8 Å². The number of ketones is 1. The fourth-order valence-electron chi connectivity index (χ4n) is 2.71. The number of aliphatic hydroxyl groups excluding tert-OH is 1. The molecule has 0 unspecified atom stereocenters. The normalized spacial score (nSPS) is 13.3. The molecule has 0 amide bonds. The number of rotatable bonds is 7. The SMILES string of the molecule is C=CCN=C([S-])[C@@H](C(=O)c1ccc(C(C)(C)C)cc1)[n+]1cccc(CO)c1. The number of aromatic nitrogens is 1. The van der Waals surface area contributed by atoms with Gasteiger partial charge in [-0.05, 0) is 22.1 Å². The Morgan fingerprint density at radius 3 is 2.52 bits per heavy atom. The van der Waals surface area contributed by atoms with Crippen LogP contribution in [-0.4, -0.2) is 22.5 Å². The van der Waals surface area contributed by atoms with Crippen LogP contribution >= 0.6 is 0 Å². The summed E-state index contributed by atoms with van der Waals surface area (Å²) in [6.07, 6.45) is 5.13. The standard InChI is InChI=1S/C22H26N2O2S/c1-5-12-23-21(27)19(24-13-6-7-16(14-24)15-25)20(26)17-8-10-18(11-9-17)22(2,3)4/h5-11,13-14,19,25H,1,12,15H2,2-4H3/t19-/m1/s1. The zero-order valence-corrected chi connectivity index (χ0v) is 16.9. The molecule has 0 saturated heterocycles. The maximum Gasteiger partial charge on any atom is 0.237 e. The summed E-state index contributed by atoms with van der Waals surface area (Å²) in [7, 11) is 0. The van der Waals surface area contributed by atoms with Gasteiger partial charge in [0, 0.05) is 17.2 Å².